The molecule has 1 aliphatic rings. The van der Waals surface area contributed by atoms with E-state index in [4.69, 9.17) is 0 Å². The molecule has 0 radical (unpaired) electrons. The van der Waals surface area contributed by atoms with Gasteiger partial charge < -0.3 is 5.32 Å². The molecule has 2 unspecified atom stereocenters. The van der Waals surface area contributed by atoms with E-state index in [-0.39, 0.29) is 5.41 Å². The first kappa shape index (κ1) is 13.0. The molecule has 0 bridgehead atoms. The minimum atomic E-state index is 0.259. The molecule has 2 rings (SSSR count). The third kappa shape index (κ3) is 3.49. The van der Waals surface area contributed by atoms with Crippen LogP contribution in [0, 0.1) is 5.41 Å². The van der Waals surface area contributed by atoms with Crippen LogP contribution in [0.15, 0.2) is 30.3 Å². The van der Waals surface area contributed by atoms with Gasteiger partial charge in [0.15, 0.2) is 0 Å². The summed E-state index contributed by atoms with van der Waals surface area (Å²) in [5.41, 5.74) is 1.67. The molecule has 94 valence electrons. The average molecular weight is 249 g/mol. The summed E-state index contributed by atoms with van der Waals surface area (Å²) in [5.74, 6) is 2.57. The smallest absolute Gasteiger partial charge is 0.0371 e. The monoisotopic (exact) mass is 249 g/mol. The lowest BCUT2D eigenvalue weighted by Gasteiger charge is -2.34. The second-order valence-corrected chi connectivity index (χ2v) is 7.09. The molecule has 0 spiro atoms. The molecule has 1 aromatic carbocycles. The van der Waals surface area contributed by atoms with E-state index in [1.54, 1.807) is 0 Å². The first-order valence-corrected chi connectivity index (χ1v) is 7.61. The third-order valence-electron chi connectivity index (χ3n) is 3.33. The van der Waals surface area contributed by atoms with Crippen LogP contribution in [-0.4, -0.2) is 17.5 Å². The Bertz CT molecular complexity index is 336. The van der Waals surface area contributed by atoms with Crippen LogP contribution in [0.25, 0.3) is 0 Å². The minimum Gasteiger partial charge on any atom is -0.306 e. The van der Waals surface area contributed by atoms with E-state index >= 15 is 0 Å². The highest BCUT2D eigenvalue weighted by Crippen LogP contribution is 2.34. The van der Waals surface area contributed by atoms with Gasteiger partial charge in [-0.1, -0.05) is 51.1 Å². The zero-order valence-electron chi connectivity index (χ0n) is 11.1. The van der Waals surface area contributed by atoms with E-state index < -0.39 is 0 Å². The SMILES string of the molecule is CC(C)(C)C(NC1CCSC1)c1ccccc1. The van der Waals surface area contributed by atoms with Gasteiger partial charge in [0, 0.05) is 17.8 Å². The largest absolute Gasteiger partial charge is 0.306 e. The first-order valence-electron chi connectivity index (χ1n) is 6.46. The topological polar surface area (TPSA) is 12.0 Å². The fourth-order valence-electron chi connectivity index (χ4n) is 2.39. The van der Waals surface area contributed by atoms with E-state index in [1.807, 2.05) is 0 Å². The Kier molecular flexibility index (Phi) is 4.16. The zero-order chi connectivity index (χ0) is 12.3. The van der Waals surface area contributed by atoms with Gasteiger partial charge in [-0.05, 0) is 23.2 Å². The molecule has 0 saturated carbocycles. The molecule has 17 heavy (non-hydrogen) atoms. The summed E-state index contributed by atoms with van der Waals surface area (Å²) in [6, 6.07) is 12.0. The summed E-state index contributed by atoms with van der Waals surface area (Å²) in [6.45, 7) is 6.96. The molecule has 0 aliphatic carbocycles. The fourth-order valence-corrected chi connectivity index (χ4v) is 3.56. The molecule has 1 aromatic rings. The van der Waals surface area contributed by atoms with Crippen LogP contribution < -0.4 is 5.32 Å². The van der Waals surface area contributed by atoms with Crippen LogP contribution in [0.3, 0.4) is 0 Å². The number of benzene rings is 1. The maximum Gasteiger partial charge on any atom is 0.0371 e. The normalized spacial score (nSPS) is 22.6. The van der Waals surface area contributed by atoms with Gasteiger partial charge >= 0.3 is 0 Å². The van der Waals surface area contributed by atoms with Gasteiger partial charge in [0.05, 0.1) is 0 Å². The molecule has 0 amide bonds. The lowest BCUT2D eigenvalue weighted by atomic mass is 9.82. The quantitative estimate of drug-likeness (QED) is 0.873. The van der Waals surface area contributed by atoms with Gasteiger partial charge in [-0.25, -0.2) is 0 Å². The predicted octanol–water partition coefficient (Wildman–Crippen LogP) is 3.87. The maximum atomic E-state index is 3.85. The summed E-state index contributed by atoms with van der Waals surface area (Å²) < 4.78 is 0. The van der Waals surface area contributed by atoms with Crippen LogP contribution in [0.5, 0.6) is 0 Å². The Morgan fingerprint density at radius 3 is 2.47 bits per heavy atom. The van der Waals surface area contributed by atoms with Gasteiger partial charge in [-0.2, -0.15) is 11.8 Å². The van der Waals surface area contributed by atoms with Crippen LogP contribution in [0.2, 0.25) is 0 Å². The van der Waals surface area contributed by atoms with Crippen molar-refractivity contribution in [3.8, 4) is 0 Å². The van der Waals surface area contributed by atoms with Gasteiger partial charge in [0.25, 0.3) is 0 Å². The predicted molar refractivity (Wildman–Crippen MR) is 77.5 cm³/mol. The van der Waals surface area contributed by atoms with E-state index in [2.05, 4.69) is 68.2 Å². The van der Waals surface area contributed by atoms with Crippen molar-refractivity contribution in [3.63, 3.8) is 0 Å². The molecule has 0 aromatic heterocycles. The lowest BCUT2D eigenvalue weighted by Crippen LogP contribution is -2.39. The third-order valence-corrected chi connectivity index (χ3v) is 4.49. The Balaban J connectivity index is 2.14. The van der Waals surface area contributed by atoms with Gasteiger partial charge in [0.2, 0.25) is 0 Å². The van der Waals surface area contributed by atoms with Crippen molar-refractivity contribution < 1.29 is 0 Å². The van der Waals surface area contributed by atoms with E-state index in [0.717, 1.165) is 0 Å². The Morgan fingerprint density at radius 2 is 1.94 bits per heavy atom. The number of hydrogen-bond donors (Lipinski definition) is 1. The Morgan fingerprint density at radius 1 is 1.24 bits per heavy atom. The zero-order valence-corrected chi connectivity index (χ0v) is 11.9. The average Bonchev–Trinajstić information content (AvgIpc) is 2.78. The summed E-state index contributed by atoms with van der Waals surface area (Å²) in [4.78, 5) is 0. The number of rotatable bonds is 3. The molecule has 1 fully saturated rings. The molecule has 1 heterocycles. The van der Waals surface area contributed by atoms with Crippen molar-refractivity contribution in [3.05, 3.63) is 35.9 Å². The maximum absolute atomic E-state index is 3.85. The van der Waals surface area contributed by atoms with Crippen molar-refractivity contribution >= 4 is 11.8 Å². The lowest BCUT2D eigenvalue weighted by molar-refractivity contribution is 0.254. The van der Waals surface area contributed by atoms with Crippen molar-refractivity contribution in [1.82, 2.24) is 5.32 Å². The number of hydrogen-bond acceptors (Lipinski definition) is 2. The van der Waals surface area contributed by atoms with Crippen molar-refractivity contribution in [2.45, 2.75) is 39.3 Å². The second kappa shape index (κ2) is 5.45. The number of thioether (sulfide) groups is 1. The van der Waals surface area contributed by atoms with Gasteiger partial charge in [0.1, 0.15) is 0 Å². The van der Waals surface area contributed by atoms with Crippen LogP contribution >= 0.6 is 11.8 Å². The van der Waals surface area contributed by atoms with Crippen LogP contribution in [0.4, 0.5) is 0 Å². The molecule has 1 N–H and O–H groups in total. The highest BCUT2D eigenvalue weighted by atomic mass is 32.2. The molecule has 1 nitrogen and oxygen atoms in total. The summed E-state index contributed by atoms with van der Waals surface area (Å²) in [6.07, 6.45) is 1.31. The second-order valence-electron chi connectivity index (χ2n) is 5.94. The Hall–Kier alpha value is -0.470. The molecule has 2 heteroatoms. The van der Waals surface area contributed by atoms with E-state index in [1.165, 1.54) is 23.5 Å². The van der Waals surface area contributed by atoms with E-state index in [0.29, 0.717) is 12.1 Å². The molecular formula is C15H23NS. The van der Waals surface area contributed by atoms with Crippen molar-refractivity contribution in [1.29, 1.82) is 0 Å². The molecule has 1 aliphatic heterocycles. The Labute approximate surface area is 109 Å². The first-order chi connectivity index (χ1) is 8.07. The van der Waals surface area contributed by atoms with Crippen LogP contribution in [0.1, 0.15) is 38.8 Å². The summed E-state index contributed by atoms with van der Waals surface area (Å²) >= 11 is 2.07. The van der Waals surface area contributed by atoms with E-state index in [9.17, 15) is 0 Å². The highest BCUT2D eigenvalue weighted by Gasteiger charge is 2.29. The molecule has 2 atom stereocenters. The highest BCUT2D eigenvalue weighted by molar-refractivity contribution is 7.99. The van der Waals surface area contributed by atoms with Crippen molar-refractivity contribution in [2.75, 3.05) is 11.5 Å². The van der Waals surface area contributed by atoms with Crippen molar-refractivity contribution in [2.24, 2.45) is 5.41 Å². The van der Waals surface area contributed by atoms with Gasteiger partial charge in [-0.15, -0.1) is 0 Å². The van der Waals surface area contributed by atoms with Crippen LogP contribution in [-0.2, 0) is 0 Å². The standard InChI is InChI=1S/C15H23NS/c1-15(2,3)14(12-7-5-4-6-8-12)16-13-9-10-17-11-13/h4-8,13-14,16H,9-11H2,1-3H3. The molecular weight excluding hydrogens is 226 g/mol. The molecule has 1 saturated heterocycles. The van der Waals surface area contributed by atoms with Gasteiger partial charge in [-0.3, -0.25) is 0 Å². The fraction of sp³-hybridized carbons (Fsp3) is 0.600. The summed E-state index contributed by atoms with van der Waals surface area (Å²) in [7, 11) is 0. The summed E-state index contributed by atoms with van der Waals surface area (Å²) in [5, 5.41) is 3.85. The minimum absolute atomic E-state index is 0.259. The number of nitrogens with one attached hydrogen (secondary N) is 1.